The Kier molecular flexibility index (Phi) is 10.6. The molecule has 0 aliphatic carbocycles. The molecule has 1 N–H and O–H groups in total. The molecule has 0 bridgehead atoms. The van der Waals surface area contributed by atoms with Crippen LogP contribution in [0.3, 0.4) is 0 Å². The average Bonchev–Trinajstić information content (AvgIpc) is 3.54. The van der Waals surface area contributed by atoms with E-state index in [1.54, 1.807) is 18.0 Å². The van der Waals surface area contributed by atoms with Crippen molar-refractivity contribution in [3.8, 4) is 16.9 Å². The molecule has 5 aromatic rings. The van der Waals surface area contributed by atoms with Gasteiger partial charge in [-0.1, -0.05) is 99.6 Å². The fourth-order valence-electron chi connectivity index (χ4n) is 5.27. The second-order valence-corrected chi connectivity index (χ2v) is 11.8. The van der Waals surface area contributed by atoms with Crippen LogP contribution in [0.15, 0.2) is 108 Å². The first-order chi connectivity index (χ1) is 22.3. The summed E-state index contributed by atoms with van der Waals surface area (Å²) < 4.78 is 11.7. The van der Waals surface area contributed by atoms with Gasteiger partial charge in [-0.15, -0.1) is 10.2 Å². The Bertz CT molecular complexity index is 1750. The van der Waals surface area contributed by atoms with E-state index in [0.29, 0.717) is 59.6 Å². The number of ketones is 1. The lowest BCUT2D eigenvalue weighted by Crippen LogP contribution is -2.32. The Balaban J connectivity index is 1.36. The number of hydrogen-bond acceptors (Lipinski definition) is 7. The maximum absolute atomic E-state index is 13.4. The molecule has 0 saturated heterocycles. The van der Waals surface area contributed by atoms with Gasteiger partial charge in [0.1, 0.15) is 11.8 Å². The molecule has 0 fully saturated rings. The van der Waals surface area contributed by atoms with Gasteiger partial charge in [0.15, 0.2) is 5.78 Å². The van der Waals surface area contributed by atoms with Gasteiger partial charge in [0.2, 0.25) is 11.8 Å². The summed E-state index contributed by atoms with van der Waals surface area (Å²) in [6.45, 7) is 6.81. The molecule has 4 aromatic carbocycles. The van der Waals surface area contributed by atoms with Crippen LogP contribution in [0.25, 0.3) is 11.1 Å². The Morgan fingerprint density at radius 3 is 2.35 bits per heavy atom. The molecule has 0 aliphatic heterocycles. The Labute approximate surface area is 270 Å². The summed E-state index contributed by atoms with van der Waals surface area (Å²) in [7, 11) is 1.74. The third-order valence-corrected chi connectivity index (χ3v) is 7.50. The maximum Gasteiger partial charge on any atom is 0.414 e. The normalized spacial score (nSPS) is 11.7. The monoisotopic (exact) mass is 616 g/mol. The molecule has 0 unspecified atom stereocenters. The summed E-state index contributed by atoms with van der Waals surface area (Å²) in [6, 6.07) is 32.1. The van der Waals surface area contributed by atoms with Gasteiger partial charge in [-0.25, -0.2) is 4.79 Å². The number of rotatable bonds is 13. The quantitative estimate of drug-likeness (QED) is 0.133. The van der Waals surface area contributed by atoms with Gasteiger partial charge in [0.05, 0.1) is 0 Å². The summed E-state index contributed by atoms with van der Waals surface area (Å²) in [5.74, 6) is 1.83. The first kappa shape index (κ1) is 32.2. The zero-order valence-corrected chi connectivity index (χ0v) is 26.8. The lowest BCUT2D eigenvalue weighted by Gasteiger charge is -2.19. The highest BCUT2D eigenvalue weighted by Crippen LogP contribution is 2.29. The number of amides is 1. The van der Waals surface area contributed by atoms with Crippen molar-refractivity contribution < 1.29 is 18.7 Å². The fourth-order valence-corrected chi connectivity index (χ4v) is 5.27. The van der Waals surface area contributed by atoms with Gasteiger partial charge in [0.25, 0.3) is 0 Å². The second-order valence-electron chi connectivity index (χ2n) is 11.8. The van der Waals surface area contributed by atoms with E-state index in [0.717, 1.165) is 23.1 Å². The smallest absolute Gasteiger partial charge is 0.414 e. The van der Waals surface area contributed by atoms with E-state index in [9.17, 15) is 9.59 Å². The van der Waals surface area contributed by atoms with Gasteiger partial charge < -0.3 is 19.4 Å². The zero-order valence-electron chi connectivity index (χ0n) is 26.8. The van der Waals surface area contributed by atoms with Crippen molar-refractivity contribution in [2.24, 2.45) is 5.92 Å². The van der Waals surface area contributed by atoms with E-state index < -0.39 is 0 Å². The third kappa shape index (κ3) is 8.27. The number of carbonyl (C=O) groups is 2. The van der Waals surface area contributed by atoms with Crippen LogP contribution in [-0.4, -0.2) is 40.6 Å². The number of carbonyl (C=O) groups excluding carboxylic acids is 2. The third-order valence-electron chi connectivity index (χ3n) is 7.50. The molecule has 236 valence electrons. The van der Waals surface area contributed by atoms with E-state index in [4.69, 9.17) is 9.15 Å². The highest BCUT2D eigenvalue weighted by Gasteiger charge is 2.23. The molecule has 1 amide bonds. The molecule has 1 atom stereocenters. The minimum Gasteiger partial charge on any atom is -0.423 e. The number of nitrogens with one attached hydrogen (secondary N) is 1. The van der Waals surface area contributed by atoms with Crippen LogP contribution in [0.1, 0.15) is 66.5 Å². The Morgan fingerprint density at radius 2 is 1.61 bits per heavy atom. The van der Waals surface area contributed by atoms with Crippen LogP contribution in [0.2, 0.25) is 0 Å². The molecule has 0 saturated carbocycles. The van der Waals surface area contributed by atoms with Crippen LogP contribution in [0, 0.1) is 5.92 Å². The molecular formula is C38H40N4O4. The molecular weight excluding hydrogens is 576 g/mol. The lowest BCUT2D eigenvalue weighted by molar-refractivity contribution is 0.103. The number of benzene rings is 4. The highest BCUT2D eigenvalue weighted by molar-refractivity contribution is 6.12. The summed E-state index contributed by atoms with van der Waals surface area (Å²) >= 11 is 0. The molecule has 5 rings (SSSR count). The number of anilines is 1. The number of ether oxygens (including phenoxy) is 1. The SMILES string of the molecule is CCCc1nnc([C@H](Cc2ccc(-c3cccc(OC(=O)N(C)CC(C)C)c3)cc2)Nc2ccccc2C(=O)c2ccccc2)o1. The van der Waals surface area contributed by atoms with Crippen LogP contribution < -0.4 is 10.1 Å². The van der Waals surface area contributed by atoms with E-state index >= 15 is 0 Å². The van der Waals surface area contributed by atoms with Gasteiger partial charge in [-0.05, 0) is 53.3 Å². The van der Waals surface area contributed by atoms with Crippen LogP contribution in [0.5, 0.6) is 5.75 Å². The van der Waals surface area contributed by atoms with E-state index in [2.05, 4.69) is 48.4 Å². The predicted molar refractivity (Wildman–Crippen MR) is 180 cm³/mol. The molecule has 1 heterocycles. The second kappa shape index (κ2) is 15.2. The highest BCUT2D eigenvalue weighted by atomic mass is 16.6. The van der Waals surface area contributed by atoms with Gasteiger partial charge >= 0.3 is 6.09 Å². The van der Waals surface area contributed by atoms with Crippen molar-refractivity contribution >= 4 is 17.6 Å². The van der Waals surface area contributed by atoms with Crippen molar-refractivity contribution in [3.63, 3.8) is 0 Å². The van der Waals surface area contributed by atoms with Crippen LogP contribution in [0.4, 0.5) is 10.5 Å². The predicted octanol–water partition coefficient (Wildman–Crippen LogP) is 8.40. The summed E-state index contributed by atoms with van der Waals surface area (Å²) in [5, 5.41) is 12.2. The summed E-state index contributed by atoms with van der Waals surface area (Å²) in [5.41, 5.74) is 4.85. The molecule has 1 aromatic heterocycles. The topological polar surface area (TPSA) is 97.6 Å². The molecule has 46 heavy (non-hydrogen) atoms. The zero-order chi connectivity index (χ0) is 32.5. The van der Waals surface area contributed by atoms with Gasteiger partial charge in [-0.2, -0.15) is 0 Å². The standard InChI is InChI=1S/C38H40N4O4/c1-5-12-35-40-41-37(46-35)34(39-33-18-10-9-17-32(33)36(43)29-13-7-6-8-14-29)23-27-19-21-28(22-20-27)30-15-11-16-31(24-30)45-38(44)42(4)25-26(2)3/h6-11,13-22,24,26,34,39H,5,12,23,25H2,1-4H3/t34-/m0/s1. The minimum absolute atomic E-state index is 0.0662. The van der Waals surface area contributed by atoms with Crippen molar-refractivity contribution in [2.45, 2.75) is 46.1 Å². The van der Waals surface area contributed by atoms with Crippen molar-refractivity contribution in [3.05, 3.63) is 132 Å². The van der Waals surface area contributed by atoms with Crippen LogP contribution >= 0.6 is 0 Å². The first-order valence-electron chi connectivity index (χ1n) is 15.7. The lowest BCUT2D eigenvalue weighted by atomic mass is 9.98. The molecule has 8 heteroatoms. The number of hydrogen-bond donors (Lipinski definition) is 1. The average molecular weight is 617 g/mol. The Hall–Kier alpha value is -5.24. The molecule has 8 nitrogen and oxygen atoms in total. The molecule has 0 spiro atoms. The first-order valence-corrected chi connectivity index (χ1v) is 15.7. The number of para-hydroxylation sites is 1. The number of nitrogens with zero attached hydrogens (tertiary/aromatic N) is 3. The van der Waals surface area contributed by atoms with Crippen LogP contribution in [-0.2, 0) is 12.8 Å². The van der Waals surface area contributed by atoms with Crippen molar-refractivity contribution in [1.29, 1.82) is 0 Å². The van der Waals surface area contributed by atoms with Crippen molar-refractivity contribution in [2.75, 3.05) is 18.9 Å². The molecule has 0 aliphatic rings. The maximum atomic E-state index is 13.4. The Morgan fingerprint density at radius 1 is 0.870 bits per heavy atom. The minimum atomic E-state index is -0.380. The fraction of sp³-hybridized carbons (Fsp3) is 0.263. The summed E-state index contributed by atoms with van der Waals surface area (Å²) in [4.78, 5) is 27.5. The summed E-state index contributed by atoms with van der Waals surface area (Å²) in [6.07, 6.45) is 1.75. The van der Waals surface area contributed by atoms with Crippen molar-refractivity contribution in [1.82, 2.24) is 15.1 Å². The molecule has 0 radical (unpaired) electrons. The largest absolute Gasteiger partial charge is 0.423 e. The van der Waals surface area contributed by atoms with Gasteiger partial charge in [0, 0.05) is 43.2 Å². The van der Waals surface area contributed by atoms with E-state index in [1.165, 1.54) is 0 Å². The van der Waals surface area contributed by atoms with Gasteiger partial charge in [-0.3, -0.25) is 4.79 Å². The van der Waals surface area contributed by atoms with E-state index in [1.807, 2.05) is 84.9 Å². The van der Waals surface area contributed by atoms with E-state index in [-0.39, 0.29) is 17.9 Å². The number of aryl methyl sites for hydroxylation is 1. The number of aromatic nitrogens is 2.